The molecule has 2 aromatic carbocycles. The molecule has 0 saturated carbocycles. The zero-order chi connectivity index (χ0) is 16.2. The van der Waals surface area contributed by atoms with Crippen LogP contribution in [0.5, 0.6) is 0 Å². The van der Waals surface area contributed by atoms with Gasteiger partial charge in [-0.3, -0.25) is 10.1 Å². The van der Waals surface area contributed by atoms with Crippen molar-refractivity contribution in [3.63, 3.8) is 0 Å². The highest BCUT2D eigenvalue weighted by molar-refractivity contribution is 6.33. The molecule has 0 atom stereocenters. The molecule has 0 aliphatic carbocycles. The summed E-state index contributed by atoms with van der Waals surface area (Å²) >= 11 is 10.9. The first-order valence-corrected chi connectivity index (χ1v) is 6.07. The number of nitrogen functional groups attached to an aromatic ring is 2. The maximum absolute atomic E-state index is 12.7. The van der Waals surface area contributed by atoms with Crippen molar-refractivity contribution in [2.24, 2.45) is 0 Å². The van der Waals surface area contributed by atoms with Crippen LogP contribution in [0.4, 0.5) is 25.8 Å². The molecule has 9 heteroatoms. The molecule has 0 saturated heterocycles. The van der Waals surface area contributed by atoms with E-state index >= 15 is 0 Å². The van der Waals surface area contributed by atoms with Crippen LogP contribution in [0.2, 0.25) is 10.0 Å². The highest BCUT2D eigenvalue weighted by Crippen LogP contribution is 2.27. The van der Waals surface area contributed by atoms with Gasteiger partial charge < -0.3 is 11.5 Å². The molecule has 4 N–H and O–H groups in total. The SMILES string of the molecule is C.Nc1cc([N+](=O)[O-])c(F)cc1Cl.Nc1ccc(F)cc1Cl. The average Bonchev–Trinajstić information content (AvgIpc) is 2.39. The van der Waals surface area contributed by atoms with Crippen molar-refractivity contribution < 1.29 is 13.7 Å². The van der Waals surface area contributed by atoms with Crippen LogP contribution in [0.1, 0.15) is 7.43 Å². The van der Waals surface area contributed by atoms with Gasteiger partial charge in [-0.05, 0) is 18.2 Å². The molecule has 5 nitrogen and oxygen atoms in total. The van der Waals surface area contributed by atoms with Crippen LogP contribution in [0.15, 0.2) is 30.3 Å². The Balaban J connectivity index is 0.000000397. The molecular formula is C13H13Cl2F2N3O2. The van der Waals surface area contributed by atoms with Gasteiger partial charge in [0.1, 0.15) is 5.82 Å². The lowest BCUT2D eigenvalue weighted by molar-refractivity contribution is -0.387. The number of nitro groups is 1. The highest BCUT2D eigenvalue weighted by Gasteiger charge is 2.15. The fourth-order valence-electron chi connectivity index (χ4n) is 1.20. The van der Waals surface area contributed by atoms with E-state index in [1.54, 1.807) is 0 Å². The Morgan fingerprint density at radius 2 is 1.55 bits per heavy atom. The van der Waals surface area contributed by atoms with Crippen molar-refractivity contribution in [1.82, 2.24) is 0 Å². The van der Waals surface area contributed by atoms with Crippen molar-refractivity contribution in [1.29, 1.82) is 0 Å². The third-order valence-electron chi connectivity index (χ3n) is 2.23. The van der Waals surface area contributed by atoms with Crippen LogP contribution in [0.25, 0.3) is 0 Å². The first-order valence-electron chi connectivity index (χ1n) is 5.31. The number of anilines is 2. The molecule has 22 heavy (non-hydrogen) atoms. The molecule has 0 amide bonds. The zero-order valence-electron chi connectivity index (χ0n) is 10.3. The van der Waals surface area contributed by atoms with E-state index in [4.69, 9.17) is 34.7 Å². The van der Waals surface area contributed by atoms with Gasteiger partial charge in [-0.15, -0.1) is 0 Å². The van der Waals surface area contributed by atoms with Gasteiger partial charge in [0.2, 0.25) is 5.82 Å². The second-order valence-electron chi connectivity index (χ2n) is 3.75. The van der Waals surface area contributed by atoms with Crippen LogP contribution >= 0.6 is 23.2 Å². The lowest BCUT2D eigenvalue weighted by Crippen LogP contribution is -1.95. The van der Waals surface area contributed by atoms with Crippen LogP contribution in [0, 0.1) is 21.7 Å². The summed E-state index contributed by atoms with van der Waals surface area (Å²) < 4.78 is 24.9. The minimum atomic E-state index is -0.987. The number of nitrogens with zero attached hydrogens (tertiary/aromatic N) is 1. The molecule has 2 rings (SSSR count). The Morgan fingerprint density at radius 1 is 1.00 bits per heavy atom. The molecule has 0 aliphatic rings. The molecular weight excluding hydrogens is 339 g/mol. The van der Waals surface area contributed by atoms with Crippen LogP contribution in [-0.2, 0) is 0 Å². The number of rotatable bonds is 1. The summed E-state index contributed by atoms with van der Waals surface area (Å²) in [5, 5.41) is 10.4. The molecule has 0 spiro atoms. The summed E-state index contributed by atoms with van der Waals surface area (Å²) in [6.45, 7) is 0. The second-order valence-corrected chi connectivity index (χ2v) is 4.56. The normalized spacial score (nSPS) is 9.27. The first kappa shape index (κ1) is 19.9. The largest absolute Gasteiger partial charge is 0.398 e. The minimum Gasteiger partial charge on any atom is -0.398 e. The van der Waals surface area contributed by atoms with Crippen LogP contribution in [0.3, 0.4) is 0 Å². The molecule has 0 heterocycles. The lowest BCUT2D eigenvalue weighted by atomic mass is 10.3. The van der Waals surface area contributed by atoms with Crippen molar-refractivity contribution in [3.8, 4) is 0 Å². The number of hydrogen-bond acceptors (Lipinski definition) is 4. The smallest absolute Gasteiger partial charge is 0.306 e. The van der Waals surface area contributed by atoms with Gasteiger partial charge >= 0.3 is 5.69 Å². The average molecular weight is 352 g/mol. The number of nitro benzene ring substituents is 1. The van der Waals surface area contributed by atoms with Crippen molar-refractivity contribution >= 4 is 40.3 Å². The van der Waals surface area contributed by atoms with E-state index in [0.717, 1.165) is 12.1 Å². The number of hydrogen-bond donors (Lipinski definition) is 2. The van der Waals surface area contributed by atoms with Crippen molar-refractivity contribution in [3.05, 3.63) is 62.1 Å². The molecule has 0 aromatic heterocycles. The topological polar surface area (TPSA) is 95.2 Å². The summed E-state index contributed by atoms with van der Waals surface area (Å²) in [4.78, 5) is 9.29. The van der Waals surface area contributed by atoms with Crippen molar-refractivity contribution in [2.45, 2.75) is 7.43 Å². The number of halogens is 4. The first-order chi connectivity index (χ1) is 9.72. The predicted molar refractivity (Wildman–Crippen MR) is 85.0 cm³/mol. The van der Waals surface area contributed by atoms with Gasteiger partial charge in [-0.2, -0.15) is 4.39 Å². The van der Waals surface area contributed by atoms with Gasteiger partial charge in [-0.1, -0.05) is 30.6 Å². The van der Waals surface area contributed by atoms with Crippen LogP contribution in [-0.4, -0.2) is 4.92 Å². The molecule has 2 aromatic rings. The summed E-state index contributed by atoms with van der Waals surface area (Å²) in [6, 6.07) is 5.57. The molecule has 0 bridgehead atoms. The summed E-state index contributed by atoms with van der Waals surface area (Å²) in [5.41, 5.74) is 10.2. The molecule has 0 fully saturated rings. The fraction of sp³-hybridized carbons (Fsp3) is 0.0769. The van der Waals surface area contributed by atoms with Gasteiger partial charge in [0, 0.05) is 12.1 Å². The zero-order valence-corrected chi connectivity index (χ0v) is 11.8. The Hall–Kier alpha value is -2.12. The van der Waals surface area contributed by atoms with E-state index in [9.17, 15) is 18.9 Å². The Kier molecular flexibility index (Phi) is 7.55. The Morgan fingerprint density at radius 3 is 2.00 bits per heavy atom. The van der Waals surface area contributed by atoms with Gasteiger partial charge in [-0.25, -0.2) is 4.39 Å². The second kappa shape index (κ2) is 8.35. The van der Waals surface area contributed by atoms with E-state index in [1.807, 2.05) is 0 Å². The van der Waals surface area contributed by atoms with Gasteiger partial charge in [0.05, 0.1) is 26.3 Å². The van der Waals surface area contributed by atoms with E-state index in [2.05, 4.69) is 0 Å². The molecule has 0 radical (unpaired) electrons. The van der Waals surface area contributed by atoms with E-state index in [0.29, 0.717) is 5.69 Å². The standard InChI is InChI=1S/C6H4ClFN2O2.C6H5ClFN.CH4/c7-3-1-4(8)6(10(11)12)2-5(3)9;7-5-3-4(8)1-2-6(5)9;/h1-2H,9H2;1-3H,9H2;1H4. The van der Waals surface area contributed by atoms with Crippen LogP contribution < -0.4 is 11.5 Å². The number of benzene rings is 2. The van der Waals surface area contributed by atoms with Gasteiger partial charge in [0.25, 0.3) is 0 Å². The summed E-state index contributed by atoms with van der Waals surface area (Å²) in [5.74, 6) is -1.35. The van der Waals surface area contributed by atoms with E-state index < -0.39 is 16.4 Å². The Bertz CT molecular complexity index is 685. The van der Waals surface area contributed by atoms with Crippen molar-refractivity contribution in [2.75, 3.05) is 11.5 Å². The highest BCUT2D eigenvalue weighted by atomic mass is 35.5. The maximum atomic E-state index is 12.7. The van der Waals surface area contributed by atoms with E-state index in [1.165, 1.54) is 18.2 Å². The van der Waals surface area contributed by atoms with E-state index in [-0.39, 0.29) is 29.0 Å². The molecule has 120 valence electrons. The summed E-state index contributed by atoms with van der Waals surface area (Å²) in [6.07, 6.45) is 0. The van der Waals surface area contributed by atoms with Gasteiger partial charge in [0.15, 0.2) is 0 Å². The minimum absolute atomic E-state index is 0. The summed E-state index contributed by atoms with van der Waals surface area (Å²) in [7, 11) is 0. The quantitative estimate of drug-likeness (QED) is 0.443. The fourth-order valence-corrected chi connectivity index (χ4v) is 1.51. The third-order valence-corrected chi connectivity index (χ3v) is 2.88. The lowest BCUT2D eigenvalue weighted by Gasteiger charge is -1.97. The predicted octanol–water partition coefficient (Wildman–Crippen LogP) is 4.67. The maximum Gasteiger partial charge on any atom is 0.306 e. The Labute approximate surface area is 135 Å². The molecule has 0 aliphatic heterocycles. The number of nitrogens with two attached hydrogens (primary N) is 2. The molecule has 0 unspecified atom stereocenters. The third kappa shape index (κ3) is 5.34. The monoisotopic (exact) mass is 351 g/mol.